The number of hydrogen-bond acceptors (Lipinski definition) is 3. The number of ether oxygens (including phenoxy) is 1. The third kappa shape index (κ3) is 2.23. The van der Waals surface area contributed by atoms with Crippen molar-refractivity contribution in [2.75, 3.05) is 6.61 Å². The average Bonchev–Trinajstić information content (AvgIpc) is 2.79. The van der Waals surface area contributed by atoms with Gasteiger partial charge in [0.05, 0.1) is 12.1 Å². The van der Waals surface area contributed by atoms with Crippen LogP contribution in [0.15, 0.2) is 24.3 Å². The molecule has 0 fully saturated rings. The fourth-order valence-corrected chi connectivity index (χ4v) is 3.61. The Morgan fingerprint density at radius 3 is 2.68 bits per heavy atom. The lowest BCUT2D eigenvalue weighted by molar-refractivity contribution is -0.122. The maximum atomic E-state index is 12.4. The van der Waals surface area contributed by atoms with Crippen LogP contribution in [0, 0.1) is 11.8 Å². The van der Waals surface area contributed by atoms with Gasteiger partial charge < -0.3 is 4.74 Å². The van der Waals surface area contributed by atoms with E-state index in [2.05, 4.69) is 6.92 Å². The minimum Gasteiger partial charge on any atom is -0.449 e. The van der Waals surface area contributed by atoms with Crippen molar-refractivity contribution in [2.45, 2.75) is 33.6 Å². The standard InChI is InChI=1S/C18H21NO3/c1-4-22-18(21)19-16-8-6-5-7-13(16)15-10-14(12(3)20)11(2)9-17(15)19/h5-8,11,14H,4,9-10H2,1-3H3/t11-,14-/m0/s1. The third-order valence-corrected chi connectivity index (χ3v) is 4.69. The van der Waals surface area contributed by atoms with Gasteiger partial charge in [0.25, 0.3) is 0 Å². The van der Waals surface area contributed by atoms with Crippen LogP contribution in [0.1, 0.15) is 32.0 Å². The van der Waals surface area contributed by atoms with E-state index in [0.717, 1.165) is 28.6 Å². The number of ketones is 1. The third-order valence-electron chi connectivity index (χ3n) is 4.69. The molecule has 0 radical (unpaired) electrons. The Labute approximate surface area is 130 Å². The fraction of sp³-hybridized carbons (Fsp3) is 0.444. The summed E-state index contributed by atoms with van der Waals surface area (Å²) in [6, 6.07) is 7.86. The molecule has 1 heterocycles. The zero-order valence-corrected chi connectivity index (χ0v) is 13.3. The molecule has 0 unspecified atom stereocenters. The summed E-state index contributed by atoms with van der Waals surface area (Å²) in [5.74, 6) is 0.502. The maximum Gasteiger partial charge on any atom is 0.418 e. The SMILES string of the molecule is CCOC(=O)n1c2c(c3ccccc31)C[C@H](C(C)=O)[C@@H](C)C2. The number of benzene rings is 1. The van der Waals surface area contributed by atoms with Crippen LogP contribution < -0.4 is 0 Å². The van der Waals surface area contributed by atoms with Crippen molar-refractivity contribution in [3.63, 3.8) is 0 Å². The number of nitrogens with zero attached hydrogens (tertiary/aromatic N) is 1. The summed E-state index contributed by atoms with van der Waals surface area (Å²) < 4.78 is 6.92. The number of Topliss-reactive ketones (excluding diaryl/α,β-unsaturated/α-hetero) is 1. The van der Waals surface area contributed by atoms with Crippen molar-refractivity contribution < 1.29 is 14.3 Å². The van der Waals surface area contributed by atoms with E-state index in [4.69, 9.17) is 4.74 Å². The van der Waals surface area contributed by atoms with Gasteiger partial charge in [-0.25, -0.2) is 9.36 Å². The molecule has 3 rings (SSSR count). The lowest BCUT2D eigenvalue weighted by Gasteiger charge is -2.28. The Bertz CT molecular complexity index is 744. The second-order valence-corrected chi connectivity index (χ2v) is 6.08. The molecule has 4 nitrogen and oxygen atoms in total. The minimum atomic E-state index is -0.326. The molecule has 0 amide bonds. The largest absolute Gasteiger partial charge is 0.449 e. The molecule has 1 aromatic carbocycles. The van der Waals surface area contributed by atoms with Crippen LogP contribution in [-0.2, 0) is 22.4 Å². The highest BCUT2D eigenvalue weighted by Gasteiger charge is 2.34. The predicted molar refractivity (Wildman–Crippen MR) is 85.1 cm³/mol. The molecule has 1 aliphatic carbocycles. The van der Waals surface area contributed by atoms with E-state index in [9.17, 15) is 9.59 Å². The van der Waals surface area contributed by atoms with E-state index in [1.807, 2.05) is 31.2 Å². The Hall–Kier alpha value is -2.10. The molecule has 0 bridgehead atoms. The van der Waals surface area contributed by atoms with Gasteiger partial charge in [0.2, 0.25) is 0 Å². The Balaban J connectivity index is 2.20. The van der Waals surface area contributed by atoms with Gasteiger partial charge >= 0.3 is 6.09 Å². The summed E-state index contributed by atoms with van der Waals surface area (Å²) >= 11 is 0. The number of carbonyl (C=O) groups excluding carboxylic acids is 2. The second-order valence-electron chi connectivity index (χ2n) is 6.08. The summed E-state index contributed by atoms with van der Waals surface area (Å²) in [5, 5.41) is 1.06. The van der Waals surface area contributed by atoms with Crippen molar-refractivity contribution in [1.29, 1.82) is 0 Å². The molecular weight excluding hydrogens is 278 g/mol. The van der Waals surface area contributed by atoms with E-state index in [0.29, 0.717) is 13.0 Å². The van der Waals surface area contributed by atoms with Crippen molar-refractivity contribution >= 4 is 22.8 Å². The zero-order valence-electron chi connectivity index (χ0n) is 13.3. The van der Waals surface area contributed by atoms with Crippen LogP contribution in [0.2, 0.25) is 0 Å². The molecular formula is C18H21NO3. The Kier molecular flexibility index (Phi) is 3.77. The molecule has 22 heavy (non-hydrogen) atoms. The van der Waals surface area contributed by atoms with Crippen molar-refractivity contribution in [2.24, 2.45) is 11.8 Å². The van der Waals surface area contributed by atoms with Gasteiger partial charge in [0.15, 0.2) is 0 Å². The van der Waals surface area contributed by atoms with Gasteiger partial charge in [-0.3, -0.25) is 4.79 Å². The summed E-state index contributed by atoms with van der Waals surface area (Å²) in [7, 11) is 0. The first-order valence-corrected chi connectivity index (χ1v) is 7.83. The maximum absolute atomic E-state index is 12.4. The normalized spacial score (nSPS) is 20.7. The summed E-state index contributed by atoms with van der Waals surface area (Å²) in [5.41, 5.74) is 3.01. The number of carbonyl (C=O) groups is 2. The van der Waals surface area contributed by atoms with Crippen LogP contribution in [0.3, 0.4) is 0 Å². The van der Waals surface area contributed by atoms with Gasteiger partial charge in [-0.2, -0.15) is 0 Å². The second kappa shape index (κ2) is 5.59. The lowest BCUT2D eigenvalue weighted by atomic mass is 9.77. The Morgan fingerprint density at radius 1 is 1.27 bits per heavy atom. The van der Waals surface area contributed by atoms with E-state index in [-0.39, 0.29) is 23.7 Å². The van der Waals surface area contributed by atoms with Gasteiger partial charge in [-0.1, -0.05) is 25.1 Å². The monoisotopic (exact) mass is 299 g/mol. The van der Waals surface area contributed by atoms with Crippen molar-refractivity contribution in [3.8, 4) is 0 Å². The molecule has 0 N–H and O–H groups in total. The average molecular weight is 299 g/mol. The predicted octanol–water partition coefficient (Wildman–Crippen LogP) is 3.59. The Morgan fingerprint density at radius 2 is 2.00 bits per heavy atom. The zero-order chi connectivity index (χ0) is 15.9. The fourth-order valence-electron chi connectivity index (χ4n) is 3.61. The van der Waals surface area contributed by atoms with Crippen LogP contribution in [0.4, 0.5) is 4.79 Å². The number of hydrogen-bond donors (Lipinski definition) is 0. The highest BCUT2D eigenvalue weighted by atomic mass is 16.5. The summed E-state index contributed by atoms with van der Waals surface area (Å²) in [4.78, 5) is 24.3. The summed E-state index contributed by atoms with van der Waals surface area (Å²) in [6.07, 6.45) is 1.11. The number of aromatic nitrogens is 1. The van der Waals surface area contributed by atoms with Crippen LogP contribution in [-0.4, -0.2) is 23.1 Å². The molecule has 0 saturated heterocycles. The number of para-hydroxylation sites is 1. The highest BCUT2D eigenvalue weighted by molar-refractivity contribution is 5.94. The first kappa shape index (κ1) is 14.8. The first-order valence-electron chi connectivity index (χ1n) is 7.83. The number of rotatable bonds is 2. The van der Waals surface area contributed by atoms with E-state index in [1.165, 1.54) is 0 Å². The minimum absolute atomic E-state index is 0.0361. The molecule has 4 heteroatoms. The summed E-state index contributed by atoms with van der Waals surface area (Å²) in [6.45, 7) is 5.91. The van der Waals surface area contributed by atoms with E-state index < -0.39 is 0 Å². The van der Waals surface area contributed by atoms with Crippen LogP contribution >= 0.6 is 0 Å². The molecule has 0 aliphatic heterocycles. The molecule has 0 saturated carbocycles. The van der Waals surface area contributed by atoms with Gasteiger partial charge in [-0.15, -0.1) is 0 Å². The van der Waals surface area contributed by atoms with Crippen LogP contribution in [0.5, 0.6) is 0 Å². The smallest absolute Gasteiger partial charge is 0.418 e. The van der Waals surface area contributed by atoms with Crippen molar-refractivity contribution in [1.82, 2.24) is 4.57 Å². The van der Waals surface area contributed by atoms with Gasteiger partial charge in [-0.05, 0) is 44.2 Å². The molecule has 1 aliphatic rings. The van der Waals surface area contributed by atoms with E-state index in [1.54, 1.807) is 11.5 Å². The molecule has 2 aromatic rings. The van der Waals surface area contributed by atoms with Gasteiger partial charge in [0.1, 0.15) is 5.78 Å². The van der Waals surface area contributed by atoms with Crippen LogP contribution in [0.25, 0.3) is 10.9 Å². The lowest BCUT2D eigenvalue weighted by Crippen LogP contribution is -2.30. The highest BCUT2D eigenvalue weighted by Crippen LogP contribution is 2.37. The molecule has 1 aromatic heterocycles. The quantitative estimate of drug-likeness (QED) is 0.851. The topological polar surface area (TPSA) is 48.3 Å². The molecule has 2 atom stereocenters. The van der Waals surface area contributed by atoms with E-state index >= 15 is 0 Å². The van der Waals surface area contributed by atoms with Gasteiger partial charge in [0, 0.05) is 17.0 Å². The molecule has 0 spiro atoms. The number of fused-ring (bicyclic) bond motifs is 3. The molecule has 116 valence electrons. The van der Waals surface area contributed by atoms with Crippen molar-refractivity contribution in [3.05, 3.63) is 35.5 Å². The first-order chi connectivity index (χ1) is 10.5.